The number of rotatable bonds is 4. The van der Waals surface area contributed by atoms with Crippen LogP contribution in [0.1, 0.15) is 12.8 Å². The Labute approximate surface area is 145 Å². The molecule has 3 N–H and O–H groups in total. The van der Waals surface area contributed by atoms with Crippen LogP contribution in [-0.4, -0.2) is 50.5 Å². The molecule has 3 rings (SSSR count). The van der Waals surface area contributed by atoms with Crippen molar-refractivity contribution < 1.29 is 22.3 Å². The Balaban J connectivity index is 0.00000208. The Morgan fingerprint density at radius 3 is 2.50 bits per heavy atom. The van der Waals surface area contributed by atoms with Crippen LogP contribution in [0.25, 0.3) is 0 Å². The molecule has 0 radical (unpaired) electrons. The Morgan fingerprint density at radius 2 is 1.92 bits per heavy atom. The van der Waals surface area contributed by atoms with Crippen LogP contribution in [-0.2, 0) is 19.6 Å². The number of benzene rings is 1. The van der Waals surface area contributed by atoms with E-state index < -0.39 is 26.3 Å². The van der Waals surface area contributed by atoms with E-state index in [9.17, 15) is 17.6 Å². The summed E-state index contributed by atoms with van der Waals surface area (Å²) in [5, 5.41) is 2.55. The number of hydrogen-bond acceptors (Lipinski definition) is 5. The highest BCUT2D eigenvalue weighted by molar-refractivity contribution is 7.89. The molecule has 1 heterocycles. The summed E-state index contributed by atoms with van der Waals surface area (Å²) in [5.41, 5.74) is 5.10. The molecule has 1 amide bonds. The van der Waals surface area contributed by atoms with E-state index in [1.165, 1.54) is 10.4 Å². The minimum atomic E-state index is -3.98. The number of anilines is 1. The lowest BCUT2D eigenvalue weighted by Crippen LogP contribution is -2.41. The lowest BCUT2D eigenvalue weighted by atomic mass is 10.2. The van der Waals surface area contributed by atoms with Crippen LogP contribution in [0.2, 0.25) is 0 Å². The molecule has 134 valence electrons. The van der Waals surface area contributed by atoms with Gasteiger partial charge in [0.15, 0.2) is 0 Å². The summed E-state index contributed by atoms with van der Waals surface area (Å²) in [6.07, 6.45) is 1.16. The number of ether oxygens (including phenoxy) is 1. The third-order valence-corrected chi connectivity index (χ3v) is 5.93. The van der Waals surface area contributed by atoms with E-state index in [0.29, 0.717) is 12.8 Å². The minimum absolute atomic E-state index is 0. The third kappa shape index (κ3) is 3.70. The van der Waals surface area contributed by atoms with E-state index in [-0.39, 0.29) is 50.3 Å². The zero-order chi connectivity index (χ0) is 16.7. The van der Waals surface area contributed by atoms with Gasteiger partial charge in [-0.3, -0.25) is 4.79 Å². The molecule has 0 spiro atoms. The van der Waals surface area contributed by atoms with Gasteiger partial charge >= 0.3 is 0 Å². The Kier molecular flexibility index (Phi) is 5.50. The van der Waals surface area contributed by atoms with Crippen LogP contribution in [0, 0.1) is 5.82 Å². The molecule has 0 bridgehead atoms. The molecule has 1 aromatic rings. The van der Waals surface area contributed by atoms with Crippen molar-refractivity contribution in [2.45, 2.75) is 23.3 Å². The smallest absolute Gasteiger partial charge is 0.246 e. The zero-order valence-electron chi connectivity index (χ0n) is 12.8. The summed E-state index contributed by atoms with van der Waals surface area (Å²) in [6.45, 7) is 0.883. The van der Waals surface area contributed by atoms with Gasteiger partial charge in [0.25, 0.3) is 0 Å². The van der Waals surface area contributed by atoms with Crippen molar-refractivity contribution in [1.29, 1.82) is 0 Å². The molecule has 1 saturated heterocycles. The fourth-order valence-electron chi connectivity index (χ4n) is 2.32. The molecule has 1 aliphatic carbocycles. The number of amides is 1. The van der Waals surface area contributed by atoms with Crippen molar-refractivity contribution in [1.82, 2.24) is 4.31 Å². The summed E-state index contributed by atoms with van der Waals surface area (Å²) >= 11 is 0. The maximum absolute atomic E-state index is 14.0. The molecule has 0 unspecified atom stereocenters. The van der Waals surface area contributed by atoms with Crippen molar-refractivity contribution >= 4 is 34.0 Å². The SMILES string of the molecule is Cl.NC1(C(=O)Nc2ccc(F)c(S(=O)(=O)N3CCOCC3)c2)CC1. The van der Waals surface area contributed by atoms with Gasteiger partial charge in [-0.05, 0) is 31.0 Å². The van der Waals surface area contributed by atoms with Gasteiger partial charge in [-0.1, -0.05) is 0 Å². The van der Waals surface area contributed by atoms with E-state index in [1.54, 1.807) is 0 Å². The second-order valence-electron chi connectivity index (χ2n) is 5.77. The lowest BCUT2D eigenvalue weighted by Gasteiger charge is -2.26. The Bertz CT molecular complexity index is 734. The molecule has 0 aromatic heterocycles. The van der Waals surface area contributed by atoms with Crippen LogP contribution >= 0.6 is 12.4 Å². The normalized spacial score (nSPS) is 20.1. The van der Waals surface area contributed by atoms with Crippen molar-refractivity contribution in [2.75, 3.05) is 31.6 Å². The predicted molar refractivity (Wildman–Crippen MR) is 88.0 cm³/mol. The molecule has 24 heavy (non-hydrogen) atoms. The van der Waals surface area contributed by atoms with Crippen LogP contribution in [0.15, 0.2) is 23.1 Å². The maximum atomic E-state index is 14.0. The first-order chi connectivity index (χ1) is 10.8. The first-order valence-electron chi connectivity index (χ1n) is 7.31. The van der Waals surface area contributed by atoms with Crippen molar-refractivity contribution in [3.05, 3.63) is 24.0 Å². The minimum Gasteiger partial charge on any atom is -0.379 e. The first-order valence-corrected chi connectivity index (χ1v) is 8.75. The van der Waals surface area contributed by atoms with Gasteiger partial charge in [-0.2, -0.15) is 4.31 Å². The number of nitrogens with two attached hydrogens (primary N) is 1. The van der Waals surface area contributed by atoms with Gasteiger partial charge in [0.1, 0.15) is 10.7 Å². The molecule has 7 nitrogen and oxygen atoms in total. The standard InChI is InChI=1S/C14H18FN3O4S.ClH/c15-11-2-1-10(17-13(19)14(16)3-4-14)9-12(11)23(20,21)18-5-7-22-8-6-18;/h1-2,9H,3-8,16H2,(H,17,19);1H. The molecule has 10 heteroatoms. The molecule has 2 fully saturated rings. The second kappa shape index (κ2) is 6.93. The topological polar surface area (TPSA) is 102 Å². The van der Waals surface area contributed by atoms with E-state index >= 15 is 0 Å². The van der Waals surface area contributed by atoms with E-state index in [4.69, 9.17) is 10.5 Å². The summed E-state index contributed by atoms with van der Waals surface area (Å²) in [4.78, 5) is 11.5. The molecule has 1 aromatic carbocycles. The quantitative estimate of drug-likeness (QED) is 0.801. The fourth-order valence-corrected chi connectivity index (χ4v) is 3.82. The summed E-state index contributed by atoms with van der Waals surface area (Å²) in [5.74, 6) is -1.25. The molecular weight excluding hydrogens is 361 g/mol. The molecule has 0 atom stereocenters. The number of hydrogen-bond donors (Lipinski definition) is 2. The number of carbonyl (C=O) groups is 1. The molecular formula is C14H19ClFN3O4S. The lowest BCUT2D eigenvalue weighted by molar-refractivity contribution is -0.118. The van der Waals surface area contributed by atoms with Gasteiger partial charge in [0.2, 0.25) is 15.9 Å². The molecule has 1 aliphatic heterocycles. The van der Waals surface area contributed by atoms with E-state index in [2.05, 4.69) is 5.32 Å². The highest BCUT2D eigenvalue weighted by atomic mass is 35.5. The highest BCUT2D eigenvalue weighted by Gasteiger charge is 2.46. The number of carbonyl (C=O) groups excluding carboxylic acids is 1. The van der Waals surface area contributed by atoms with Crippen molar-refractivity contribution in [3.63, 3.8) is 0 Å². The summed E-state index contributed by atoms with van der Waals surface area (Å²) in [7, 11) is -3.98. The van der Waals surface area contributed by atoms with Crippen LogP contribution < -0.4 is 11.1 Å². The molecule has 2 aliphatic rings. The van der Waals surface area contributed by atoms with Crippen LogP contribution in [0.3, 0.4) is 0 Å². The maximum Gasteiger partial charge on any atom is 0.246 e. The summed E-state index contributed by atoms with van der Waals surface area (Å²) < 4.78 is 45.4. The van der Waals surface area contributed by atoms with Crippen LogP contribution in [0.4, 0.5) is 10.1 Å². The predicted octanol–water partition coefficient (Wildman–Crippen LogP) is 0.698. The zero-order valence-corrected chi connectivity index (χ0v) is 14.5. The first kappa shape index (κ1) is 19.1. The Morgan fingerprint density at radius 1 is 1.29 bits per heavy atom. The van der Waals surface area contributed by atoms with Crippen LogP contribution in [0.5, 0.6) is 0 Å². The van der Waals surface area contributed by atoms with E-state index in [0.717, 1.165) is 12.1 Å². The molecule has 1 saturated carbocycles. The van der Waals surface area contributed by atoms with E-state index in [1.807, 2.05) is 0 Å². The van der Waals surface area contributed by atoms with Gasteiger partial charge in [0.05, 0.1) is 18.8 Å². The summed E-state index contributed by atoms with van der Waals surface area (Å²) in [6, 6.07) is 3.47. The number of halogens is 2. The average molecular weight is 380 g/mol. The number of nitrogens with one attached hydrogen (secondary N) is 1. The monoisotopic (exact) mass is 379 g/mol. The van der Waals surface area contributed by atoms with Crippen molar-refractivity contribution in [3.8, 4) is 0 Å². The van der Waals surface area contributed by atoms with Gasteiger partial charge in [0, 0.05) is 18.8 Å². The van der Waals surface area contributed by atoms with Gasteiger partial charge in [-0.25, -0.2) is 12.8 Å². The van der Waals surface area contributed by atoms with Gasteiger partial charge in [-0.15, -0.1) is 12.4 Å². The number of morpholine rings is 1. The number of nitrogens with zero attached hydrogens (tertiary/aromatic N) is 1. The van der Waals surface area contributed by atoms with Gasteiger partial charge < -0.3 is 15.8 Å². The highest BCUT2D eigenvalue weighted by Crippen LogP contribution is 2.33. The largest absolute Gasteiger partial charge is 0.379 e. The van der Waals surface area contributed by atoms with Crippen molar-refractivity contribution in [2.24, 2.45) is 5.73 Å². The Hall–Kier alpha value is -1.26. The fraction of sp³-hybridized carbons (Fsp3) is 0.500. The number of sulfonamides is 1. The third-order valence-electron chi connectivity index (χ3n) is 4.02. The second-order valence-corrected chi connectivity index (χ2v) is 7.68. The average Bonchev–Trinajstić information content (AvgIpc) is 3.29.